The second-order valence-electron chi connectivity index (χ2n) is 3.16. The van der Waals surface area contributed by atoms with Crippen LogP contribution in [0, 0.1) is 5.82 Å². The number of rotatable bonds is 1. The Bertz CT molecular complexity index is 388. The van der Waals surface area contributed by atoms with Crippen molar-refractivity contribution in [1.29, 1.82) is 0 Å². The molecule has 0 aliphatic carbocycles. The van der Waals surface area contributed by atoms with Crippen molar-refractivity contribution in [2.24, 2.45) is 0 Å². The molecule has 6 heteroatoms. The van der Waals surface area contributed by atoms with Crippen LogP contribution in [0.15, 0.2) is 12.1 Å². The van der Waals surface area contributed by atoms with Crippen LogP contribution in [0.5, 0.6) is 5.75 Å². The van der Waals surface area contributed by atoms with Crippen LogP contribution in [0.3, 0.4) is 0 Å². The lowest BCUT2D eigenvalue weighted by molar-refractivity contribution is -0.275. The zero-order valence-corrected chi connectivity index (χ0v) is 7.49. The molecule has 15 heavy (non-hydrogen) atoms. The molecule has 82 valence electrons. The van der Waals surface area contributed by atoms with Gasteiger partial charge in [-0.1, -0.05) is 0 Å². The number of halogens is 4. The van der Waals surface area contributed by atoms with Crippen molar-refractivity contribution >= 4 is 5.69 Å². The zero-order valence-electron chi connectivity index (χ0n) is 7.49. The highest BCUT2D eigenvalue weighted by atomic mass is 19.4. The van der Waals surface area contributed by atoms with Gasteiger partial charge in [0.2, 0.25) is 0 Å². The molecular weight excluding hydrogens is 214 g/mol. The molecule has 1 aromatic carbocycles. The lowest BCUT2D eigenvalue weighted by atomic mass is 10.1. The highest BCUT2D eigenvalue weighted by molar-refractivity contribution is 5.59. The maximum absolute atomic E-state index is 13.1. The first-order valence-electron chi connectivity index (χ1n) is 4.28. The monoisotopic (exact) mass is 221 g/mol. The summed E-state index contributed by atoms with van der Waals surface area (Å²) in [5, 5.41) is 2.84. The largest absolute Gasteiger partial charge is 0.573 e. The summed E-state index contributed by atoms with van der Waals surface area (Å²) in [6, 6.07) is 2.10. The fourth-order valence-electron chi connectivity index (χ4n) is 1.50. The minimum Gasteiger partial charge on any atom is -0.403 e. The van der Waals surface area contributed by atoms with E-state index in [2.05, 4.69) is 10.1 Å². The van der Waals surface area contributed by atoms with Crippen LogP contribution < -0.4 is 10.1 Å². The summed E-state index contributed by atoms with van der Waals surface area (Å²) in [6.07, 6.45) is -4.26. The second-order valence-corrected chi connectivity index (χ2v) is 3.16. The Kier molecular flexibility index (Phi) is 2.21. The van der Waals surface area contributed by atoms with Gasteiger partial charge in [-0.3, -0.25) is 0 Å². The van der Waals surface area contributed by atoms with Crippen molar-refractivity contribution in [3.8, 4) is 5.75 Å². The Balaban J connectivity index is 2.33. The lowest BCUT2D eigenvalue weighted by Crippen LogP contribution is -2.18. The van der Waals surface area contributed by atoms with Gasteiger partial charge in [-0.25, -0.2) is 4.39 Å². The molecule has 1 N–H and O–H groups in total. The zero-order chi connectivity index (χ0) is 11.1. The van der Waals surface area contributed by atoms with Gasteiger partial charge in [-0.05, 0) is 18.1 Å². The average molecular weight is 221 g/mol. The molecule has 0 aromatic heterocycles. The van der Waals surface area contributed by atoms with Gasteiger partial charge >= 0.3 is 6.36 Å². The Hall–Kier alpha value is -1.46. The fraction of sp³-hybridized carbons (Fsp3) is 0.333. The molecule has 0 bridgehead atoms. The number of benzene rings is 1. The van der Waals surface area contributed by atoms with Crippen molar-refractivity contribution in [3.05, 3.63) is 23.5 Å². The number of ether oxygens (including phenoxy) is 1. The molecule has 0 saturated carbocycles. The van der Waals surface area contributed by atoms with Crippen molar-refractivity contribution < 1.29 is 22.3 Å². The molecular formula is C9H7F4NO. The summed E-state index contributed by atoms with van der Waals surface area (Å²) in [5.74, 6) is -1.79. The molecule has 0 radical (unpaired) electrons. The van der Waals surface area contributed by atoms with E-state index in [-0.39, 0.29) is 0 Å². The fourth-order valence-corrected chi connectivity index (χ4v) is 1.50. The van der Waals surface area contributed by atoms with Crippen molar-refractivity contribution in [2.45, 2.75) is 12.8 Å². The quantitative estimate of drug-likeness (QED) is 0.736. The molecule has 2 nitrogen and oxygen atoms in total. The van der Waals surface area contributed by atoms with Crippen LogP contribution in [0.4, 0.5) is 23.2 Å². The number of fused-ring (bicyclic) bond motifs is 1. The Morgan fingerprint density at radius 2 is 2.00 bits per heavy atom. The smallest absolute Gasteiger partial charge is 0.403 e. The van der Waals surface area contributed by atoms with Gasteiger partial charge < -0.3 is 10.1 Å². The van der Waals surface area contributed by atoms with E-state index >= 15 is 0 Å². The first-order chi connectivity index (χ1) is 6.96. The molecule has 0 atom stereocenters. The Labute approximate surface area is 82.8 Å². The molecule has 0 saturated heterocycles. The van der Waals surface area contributed by atoms with Crippen molar-refractivity contribution in [3.63, 3.8) is 0 Å². The maximum atomic E-state index is 13.1. The third-order valence-electron chi connectivity index (χ3n) is 2.09. The van der Waals surface area contributed by atoms with E-state index in [9.17, 15) is 17.6 Å². The Morgan fingerprint density at radius 1 is 1.27 bits per heavy atom. The minimum atomic E-state index is -4.87. The van der Waals surface area contributed by atoms with Gasteiger partial charge in [0.05, 0.1) is 0 Å². The van der Waals surface area contributed by atoms with Gasteiger partial charge in [0.15, 0.2) is 11.6 Å². The van der Waals surface area contributed by atoms with Crippen LogP contribution in [-0.4, -0.2) is 12.9 Å². The number of hydrogen-bond donors (Lipinski definition) is 1. The van der Waals surface area contributed by atoms with Gasteiger partial charge in [0.1, 0.15) is 0 Å². The number of hydrogen-bond acceptors (Lipinski definition) is 2. The lowest BCUT2D eigenvalue weighted by Gasteiger charge is -2.11. The molecule has 1 aliphatic heterocycles. The topological polar surface area (TPSA) is 21.3 Å². The summed E-state index contributed by atoms with van der Waals surface area (Å²) in [6.45, 7) is 0.601. The standard InChI is InChI=1S/C9H7F4NO/c10-6-3-5-1-2-14-7(5)4-8(6)15-9(11,12)13/h3-4,14H,1-2H2. The third-order valence-corrected chi connectivity index (χ3v) is 2.09. The molecule has 0 fully saturated rings. The average Bonchev–Trinajstić information content (AvgIpc) is 2.49. The molecule has 1 heterocycles. The van der Waals surface area contributed by atoms with Gasteiger partial charge in [0.25, 0.3) is 0 Å². The van der Waals surface area contributed by atoms with E-state index < -0.39 is 17.9 Å². The van der Waals surface area contributed by atoms with E-state index in [0.717, 1.165) is 12.1 Å². The summed E-state index contributed by atoms with van der Waals surface area (Å²) >= 11 is 0. The van der Waals surface area contributed by atoms with Gasteiger partial charge in [-0.15, -0.1) is 13.2 Å². The van der Waals surface area contributed by atoms with Crippen molar-refractivity contribution in [1.82, 2.24) is 0 Å². The highest BCUT2D eigenvalue weighted by Gasteiger charge is 2.33. The SMILES string of the molecule is Fc1cc2c(cc1OC(F)(F)F)NCC2. The van der Waals surface area contributed by atoms with Crippen molar-refractivity contribution in [2.75, 3.05) is 11.9 Å². The minimum absolute atomic E-state index is 0.496. The molecule has 2 rings (SSSR count). The summed E-state index contributed by atoms with van der Waals surface area (Å²) < 4.78 is 52.3. The van der Waals surface area contributed by atoms with Crippen LogP contribution in [-0.2, 0) is 6.42 Å². The first kappa shape index (κ1) is 10.1. The first-order valence-corrected chi connectivity index (χ1v) is 4.28. The molecule has 0 unspecified atom stereocenters. The normalized spacial score (nSPS) is 14.7. The van der Waals surface area contributed by atoms with E-state index in [1.54, 1.807) is 0 Å². The molecule has 0 amide bonds. The van der Waals surface area contributed by atoms with E-state index in [1.165, 1.54) is 0 Å². The van der Waals surface area contributed by atoms with Crippen LogP contribution in [0.25, 0.3) is 0 Å². The predicted octanol–water partition coefficient (Wildman–Crippen LogP) is 2.69. The maximum Gasteiger partial charge on any atom is 0.573 e. The summed E-state index contributed by atoms with van der Waals surface area (Å²) in [7, 11) is 0. The molecule has 1 aliphatic rings. The van der Waals surface area contributed by atoms with Crippen LogP contribution in [0.2, 0.25) is 0 Å². The van der Waals surface area contributed by atoms with E-state index in [1.807, 2.05) is 0 Å². The summed E-state index contributed by atoms with van der Waals surface area (Å²) in [4.78, 5) is 0. The molecule has 0 spiro atoms. The van der Waals surface area contributed by atoms with Gasteiger partial charge in [-0.2, -0.15) is 0 Å². The number of nitrogens with one attached hydrogen (secondary N) is 1. The second kappa shape index (κ2) is 3.29. The number of alkyl halides is 3. The number of anilines is 1. The predicted molar refractivity (Wildman–Crippen MR) is 45.3 cm³/mol. The van der Waals surface area contributed by atoms with E-state index in [4.69, 9.17) is 0 Å². The van der Waals surface area contributed by atoms with Crippen LogP contribution in [0.1, 0.15) is 5.56 Å². The van der Waals surface area contributed by atoms with Crippen LogP contribution >= 0.6 is 0 Å². The molecule has 1 aromatic rings. The van der Waals surface area contributed by atoms with Gasteiger partial charge in [0, 0.05) is 18.3 Å². The highest BCUT2D eigenvalue weighted by Crippen LogP contribution is 2.32. The third kappa shape index (κ3) is 2.14. The summed E-state index contributed by atoms with van der Waals surface area (Å²) in [5.41, 5.74) is 1.16. The van der Waals surface area contributed by atoms with E-state index in [0.29, 0.717) is 24.2 Å². The Morgan fingerprint density at radius 3 is 2.67 bits per heavy atom.